The fourth-order valence-electron chi connectivity index (χ4n) is 1.73. The summed E-state index contributed by atoms with van der Waals surface area (Å²) in [5.41, 5.74) is 1.18. The van der Waals surface area contributed by atoms with Crippen LogP contribution >= 0.6 is 0 Å². The molecule has 0 spiro atoms. The van der Waals surface area contributed by atoms with Crippen molar-refractivity contribution < 1.29 is 14.5 Å². The number of carbonyl (C=O) groups is 2. The van der Waals surface area contributed by atoms with E-state index in [9.17, 15) is 19.7 Å². The molecule has 0 aromatic heterocycles. The van der Waals surface area contributed by atoms with Crippen LogP contribution in [-0.2, 0) is 4.79 Å². The van der Waals surface area contributed by atoms with Crippen molar-refractivity contribution in [1.29, 1.82) is 0 Å². The van der Waals surface area contributed by atoms with Gasteiger partial charge in [0.25, 0.3) is 5.69 Å². The Morgan fingerprint density at radius 2 is 1.77 bits per heavy atom. The van der Waals surface area contributed by atoms with E-state index in [4.69, 9.17) is 0 Å². The van der Waals surface area contributed by atoms with Gasteiger partial charge in [0.05, 0.1) is 4.92 Å². The number of carbonyl (C=O) groups excluding carboxylic acids is 2. The molecule has 5 heteroatoms. The molecule has 0 saturated heterocycles. The topological polar surface area (TPSA) is 77.3 Å². The lowest BCUT2D eigenvalue weighted by molar-refractivity contribution is -0.385. The molecule has 2 aromatic rings. The average molecular weight is 299 g/mol. The molecule has 0 fully saturated rings. The Bertz CT molecular complexity index is 666. The summed E-state index contributed by atoms with van der Waals surface area (Å²) in [5, 5.41) is 11.0. The lowest BCUT2D eigenvalue weighted by Gasteiger charge is -2.03. The molecule has 0 aliphatic heterocycles. The van der Waals surface area contributed by atoms with Crippen molar-refractivity contribution in [2.45, 2.75) is 20.3 Å². The summed E-state index contributed by atoms with van der Waals surface area (Å²) in [6, 6.07) is 13.2. The quantitative estimate of drug-likeness (QED) is 0.373. The van der Waals surface area contributed by atoms with Gasteiger partial charge in [0.2, 0.25) is 0 Å². The summed E-state index contributed by atoms with van der Waals surface area (Å²) in [4.78, 5) is 31.8. The maximum Gasteiger partial charge on any atom is 0.280 e. The van der Waals surface area contributed by atoms with E-state index in [0.717, 1.165) is 11.8 Å². The number of hydrogen-bond acceptors (Lipinski definition) is 4. The normalized spacial score (nSPS) is 9.36. The van der Waals surface area contributed by atoms with Gasteiger partial charge in [0.1, 0.15) is 11.8 Å². The molecule has 5 nitrogen and oxygen atoms in total. The minimum Gasteiger partial charge on any atom is -0.303 e. The Balaban J connectivity index is 0.000000541. The van der Waals surface area contributed by atoms with Crippen molar-refractivity contribution in [2.24, 2.45) is 0 Å². The molecule has 0 heterocycles. The summed E-state index contributed by atoms with van der Waals surface area (Å²) in [6.07, 6.45) is 1.51. The van der Waals surface area contributed by atoms with Gasteiger partial charge in [-0.1, -0.05) is 43.3 Å². The van der Waals surface area contributed by atoms with Gasteiger partial charge in [-0.15, -0.1) is 0 Å². The molecular weight excluding hydrogens is 282 g/mol. The molecule has 0 atom stereocenters. The summed E-state index contributed by atoms with van der Waals surface area (Å²) in [7, 11) is 0. The van der Waals surface area contributed by atoms with Crippen LogP contribution in [0.5, 0.6) is 0 Å². The van der Waals surface area contributed by atoms with Crippen molar-refractivity contribution in [3.63, 3.8) is 0 Å². The molecule has 2 rings (SSSR count). The van der Waals surface area contributed by atoms with E-state index in [0.29, 0.717) is 12.0 Å². The summed E-state index contributed by atoms with van der Waals surface area (Å²) in [6.45, 7) is 3.57. The molecule has 0 saturated carbocycles. The molecule has 0 radical (unpaired) electrons. The van der Waals surface area contributed by atoms with Crippen LogP contribution in [0.25, 0.3) is 0 Å². The highest BCUT2D eigenvalue weighted by Crippen LogP contribution is 2.22. The number of benzene rings is 2. The molecule has 114 valence electrons. The first-order chi connectivity index (χ1) is 10.5. The molecule has 0 amide bonds. The zero-order valence-electron chi connectivity index (χ0n) is 12.5. The molecule has 2 aromatic carbocycles. The zero-order chi connectivity index (χ0) is 16.5. The van der Waals surface area contributed by atoms with Crippen molar-refractivity contribution in [1.82, 2.24) is 0 Å². The smallest absolute Gasteiger partial charge is 0.280 e. The van der Waals surface area contributed by atoms with Crippen LogP contribution in [0.2, 0.25) is 0 Å². The van der Waals surface area contributed by atoms with Crippen molar-refractivity contribution in [3.05, 3.63) is 75.3 Å². The van der Waals surface area contributed by atoms with Gasteiger partial charge >= 0.3 is 0 Å². The van der Waals surface area contributed by atoms with Crippen LogP contribution < -0.4 is 0 Å². The minimum absolute atomic E-state index is 0.122. The highest BCUT2D eigenvalue weighted by Gasteiger charge is 2.20. The van der Waals surface area contributed by atoms with Crippen LogP contribution in [0.4, 0.5) is 5.69 Å². The maximum atomic E-state index is 12.2. The van der Waals surface area contributed by atoms with Crippen LogP contribution in [0.15, 0.2) is 48.5 Å². The van der Waals surface area contributed by atoms with Gasteiger partial charge in [0, 0.05) is 18.1 Å². The summed E-state index contributed by atoms with van der Waals surface area (Å²) in [5.74, 6) is -0.331. The number of ketones is 1. The van der Waals surface area contributed by atoms with Gasteiger partial charge < -0.3 is 4.79 Å². The number of nitro groups is 1. The lowest BCUT2D eigenvalue weighted by Crippen LogP contribution is -2.05. The Morgan fingerprint density at radius 3 is 2.27 bits per heavy atom. The molecule has 22 heavy (non-hydrogen) atoms. The van der Waals surface area contributed by atoms with E-state index in [1.54, 1.807) is 43.3 Å². The third kappa shape index (κ3) is 4.63. The second-order valence-corrected chi connectivity index (χ2v) is 4.55. The second-order valence-electron chi connectivity index (χ2n) is 4.55. The Labute approximate surface area is 128 Å². The monoisotopic (exact) mass is 299 g/mol. The van der Waals surface area contributed by atoms with E-state index < -0.39 is 4.92 Å². The highest BCUT2D eigenvalue weighted by atomic mass is 16.6. The van der Waals surface area contributed by atoms with E-state index >= 15 is 0 Å². The van der Waals surface area contributed by atoms with E-state index in [1.807, 2.05) is 6.92 Å². The minimum atomic E-state index is -0.525. The van der Waals surface area contributed by atoms with Crippen LogP contribution in [-0.4, -0.2) is 17.0 Å². The molecule has 0 bridgehead atoms. The number of aryl methyl sites for hydroxylation is 1. The Morgan fingerprint density at radius 1 is 1.18 bits per heavy atom. The Hall–Kier alpha value is -2.82. The first-order valence-corrected chi connectivity index (χ1v) is 6.79. The SMILES string of the molecule is CCC=O.Cc1ccc(C(=O)c2ccccc2)c([N+](=O)[O-])c1. The maximum absolute atomic E-state index is 12.2. The van der Waals surface area contributed by atoms with Crippen LogP contribution in [0, 0.1) is 17.0 Å². The molecule has 0 unspecified atom stereocenters. The van der Waals surface area contributed by atoms with Crippen LogP contribution in [0.1, 0.15) is 34.8 Å². The number of nitrogens with zero attached hydrogens (tertiary/aromatic N) is 1. The van der Waals surface area contributed by atoms with Gasteiger partial charge in [-0.3, -0.25) is 14.9 Å². The van der Waals surface area contributed by atoms with E-state index in [-0.39, 0.29) is 17.0 Å². The largest absolute Gasteiger partial charge is 0.303 e. The fraction of sp³-hybridized carbons (Fsp3) is 0.176. The predicted molar refractivity (Wildman–Crippen MR) is 84.1 cm³/mol. The van der Waals surface area contributed by atoms with Gasteiger partial charge in [0.15, 0.2) is 5.78 Å². The zero-order valence-corrected chi connectivity index (χ0v) is 12.5. The molecule has 0 N–H and O–H groups in total. The highest BCUT2D eigenvalue weighted by molar-refractivity contribution is 6.11. The van der Waals surface area contributed by atoms with Gasteiger partial charge in [-0.25, -0.2) is 0 Å². The first-order valence-electron chi connectivity index (χ1n) is 6.79. The summed E-state index contributed by atoms with van der Waals surface area (Å²) < 4.78 is 0. The van der Waals surface area contributed by atoms with Gasteiger partial charge in [-0.2, -0.15) is 0 Å². The molecular formula is C17H17NO4. The number of hydrogen-bond donors (Lipinski definition) is 0. The third-order valence-electron chi connectivity index (χ3n) is 2.80. The van der Waals surface area contributed by atoms with Gasteiger partial charge in [-0.05, 0) is 18.6 Å². The second kappa shape index (κ2) is 8.46. The average Bonchev–Trinajstić information content (AvgIpc) is 2.55. The third-order valence-corrected chi connectivity index (χ3v) is 2.80. The lowest BCUT2D eigenvalue weighted by atomic mass is 10.0. The first kappa shape index (κ1) is 17.2. The van der Waals surface area contributed by atoms with E-state index in [2.05, 4.69) is 0 Å². The van der Waals surface area contributed by atoms with Crippen molar-refractivity contribution >= 4 is 17.8 Å². The van der Waals surface area contributed by atoms with Crippen LogP contribution in [0.3, 0.4) is 0 Å². The number of nitro benzene ring substituents is 1. The summed E-state index contributed by atoms with van der Waals surface area (Å²) >= 11 is 0. The molecule has 0 aliphatic rings. The fourth-order valence-corrected chi connectivity index (χ4v) is 1.73. The number of rotatable bonds is 4. The molecule has 0 aliphatic carbocycles. The van der Waals surface area contributed by atoms with E-state index in [1.165, 1.54) is 12.1 Å². The van der Waals surface area contributed by atoms with Crippen molar-refractivity contribution in [3.8, 4) is 0 Å². The van der Waals surface area contributed by atoms with Crippen molar-refractivity contribution in [2.75, 3.05) is 0 Å². The predicted octanol–water partition coefficient (Wildman–Crippen LogP) is 3.73. The standard InChI is InChI=1S/C14H11NO3.C3H6O/c1-10-7-8-12(13(9-10)15(17)18)14(16)11-5-3-2-4-6-11;1-2-3-4/h2-9H,1H3;3H,2H2,1H3. The number of aldehydes is 1. The Kier molecular flexibility index (Phi) is 6.63.